The van der Waals surface area contributed by atoms with Crippen LogP contribution in [0.5, 0.6) is 5.75 Å². The summed E-state index contributed by atoms with van der Waals surface area (Å²) >= 11 is 0. The van der Waals surface area contributed by atoms with Crippen molar-refractivity contribution in [3.63, 3.8) is 0 Å². The smallest absolute Gasteiger partial charge is 0.143 e. The van der Waals surface area contributed by atoms with E-state index in [0.29, 0.717) is 0 Å². The summed E-state index contributed by atoms with van der Waals surface area (Å²) < 4.78 is 7.62. The molecule has 2 rings (SSSR count). The van der Waals surface area contributed by atoms with Gasteiger partial charge in [-0.3, -0.25) is 0 Å². The molecule has 1 aromatic carbocycles. The van der Waals surface area contributed by atoms with E-state index in [2.05, 4.69) is 42.2 Å². The summed E-state index contributed by atoms with van der Waals surface area (Å²) in [6.07, 6.45) is 3.24. The molecule has 17 heavy (non-hydrogen) atoms. The molecule has 2 aromatic rings. The van der Waals surface area contributed by atoms with Gasteiger partial charge in [-0.1, -0.05) is 0 Å². The Bertz CT molecular complexity index is 528. The minimum absolute atomic E-state index is 0.957. The van der Waals surface area contributed by atoms with E-state index in [0.717, 1.165) is 18.7 Å². The number of hydrogen-bond donors (Lipinski definition) is 1. The molecule has 1 N–H and O–H groups in total. The minimum Gasteiger partial charge on any atom is -0.495 e. The second-order valence-corrected chi connectivity index (χ2v) is 4.48. The van der Waals surface area contributed by atoms with Crippen molar-refractivity contribution in [1.82, 2.24) is 9.88 Å². The van der Waals surface area contributed by atoms with E-state index in [1.165, 1.54) is 22.0 Å². The van der Waals surface area contributed by atoms with Crippen molar-refractivity contribution < 1.29 is 4.74 Å². The van der Waals surface area contributed by atoms with Crippen LogP contribution in [0.1, 0.15) is 11.1 Å². The van der Waals surface area contributed by atoms with Crippen LogP contribution in [0.25, 0.3) is 10.9 Å². The maximum atomic E-state index is 5.47. The van der Waals surface area contributed by atoms with E-state index < -0.39 is 0 Å². The molecule has 0 saturated carbocycles. The molecule has 0 unspecified atom stereocenters. The number of aryl methyl sites for hydroxylation is 2. The Labute approximate surface area is 102 Å². The number of aromatic nitrogens is 1. The molecule has 92 valence electrons. The third-order valence-corrected chi connectivity index (χ3v) is 3.13. The lowest BCUT2D eigenvalue weighted by atomic mass is 10.1. The molecular formula is C14H20N2O. The van der Waals surface area contributed by atoms with Gasteiger partial charge in [0.25, 0.3) is 0 Å². The predicted octanol–water partition coefficient (Wildman–Crippen LogP) is 2.26. The number of nitrogens with zero attached hydrogens (tertiary/aromatic N) is 1. The Kier molecular flexibility index (Phi) is 3.38. The zero-order chi connectivity index (χ0) is 12.4. The number of benzene rings is 1. The first-order chi connectivity index (χ1) is 8.17. The highest BCUT2D eigenvalue weighted by molar-refractivity contribution is 5.90. The van der Waals surface area contributed by atoms with Crippen LogP contribution in [0.4, 0.5) is 0 Å². The van der Waals surface area contributed by atoms with Gasteiger partial charge in [0.05, 0.1) is 12.6 Å². The normalized spacial score (nSPS) is 11.1. The Balaban J connectivity index is 2.60. The Morgan fingerprint density at radius 1 is 1.35 bits per heavy atom. The largest absolute Gasteiger partial charge is 0.495 e. The van der Waals surface area contributed by atoms with Crippen LogP contribution in [0.15, 0.2) is 18.3 Å². The molecule has 3 heteroatoms. The van der Waals surface area contributed by atoms with E-state index in [1.54, 1.807) is 7.11 Å². The predicted molar refractivity (Wildman–Crippen MR) is 71.8 cm³/mol. The van der Waals surface area contributed by atoms with Gasteiger partial charge in [-0.25, -0.2) is 0 Å². The minimum atomic E-state index is 0.957. The number of fused-ring (bicyclic) bond motifs is 1. The Morgan fingerprint density at radius 3 is 2.76 bits per heavy atom. The highest BCUT2D eigenvalue weighted by atomic mass is 16.5. The molecule has 0 aliphatic rings. The first kappa shape index (κ1) is 12.0. The number of nitrogens with one attached hydrogen (secondary N) is 1. The van der Waals surface area contributed by atoms with Crippen LogP contribution in [0.2, 0.25) is 0 Å². The second-order valence-electron chi connectivity index (χ2n) is 4.48. The summed E-state index contributed by atoms with van der Waals surface area (Å²) in [5, 5.41) is 4.50. The summed E-state index contributed by atoms with van der Waals surface area (Å²) in [5.74, 6) is 0.957. The van der Waals surface area contributed by atoms with Crippen molar-refractivity contribution in [2.45, 2.75) is 13.3 Å². The first-order valence-electron chi connectivity index (χ1n) is 5.94. The first-order valence-corrected chi connectivity index (χ1v) is 5.94. The molecule has 1 aromatic heterocycles. The quantitative estimate of drug-likeness (QED) is 0.875. The van der Waals surface area contributed by atoms with E-state index in [4.69, 9.17) is 4.74 Å². The highest BCUT2D eigenvalue weighted by Crippen LogP contribution is 2.30. The van der Waals surface area contributed by atoms with Gasteiger partial charge in [0.15, 0.2) is 0 Å². The molecule has 3 nitrogen and oxygen atoms in total. The van der Waals surface area contributed by atoms with Crippen LogP contribution < -0.4 is 10.1 Å². The third kappa shape index (κ3) is 2.15. The summed E-state index contributed by atoms with van der Waals surface area (Å²) in [5.41, 5.74) is 3.80. The summed E-state index contributed by atoms with van der Waals surface area (Å²) in [4.78, 5) is 0. The number of methoxy groups -OCH3 is 1. The lowest BCUT2D eigenvalue weighted by Crippen LogP contribution is -2.09. The molecule has 0 aliphatic carbocycles. The van der Waals surface area contributed by atoms with Crippen molar-refractivity contribution in [2.75, 3.05) is 20.7 Å². The fourth-order valence-corrected chi connectivity index (χ4v) is 2.34. The van der Waals surface area contributed by atoms with Crippen molar-refractivity contribution in [1.29, 1.82) is 0 Å². The zero-order valence-corrected chi connectivity index (χ0v) is 11.0. The van der Waals surface area contributed by atoms with Crippen molar-refractivity contribution in [3.05, 3.63) is 29.5 Å². The van der Waals surface area contributed by atoms with Crippen LogP contribution in [0.3, 0.4) is 0 Å². The van der Waals surface area contributed by atoms with Crippen LogP contribution in [0, 0.1) is 6.92 Å². The molecule has 1 heterocycles. The van der Waals surface area contributed by atoms with Crippen LogP contribution in [-0.4, -0.2) is 25.3 Å². The van der Waals surface area contributed by atoms with Gasteiger partial charge in [0, 0.05) is 18.6 Å². The van der Waals surface area contributed by atoms with Crippen molar-refractivity contribution in [3.8, 4) is 5.75 Å². The van der Waals surface area contributed by atoms with E-state index in [1.807, 2.05) is 7.05 Å². The molecule has 0 amide bonds. The second kappa shape index (κ2) is 4.80. The fourth-order valence-electron chi connectivity index (χ4n) is 2.34. The monoisotopic (exact) mass is 232 g/mol. The van der Waals surface area contributed by atoms with E-state index in [9.17, 15) is 0 Å². The molecular weight excluding hydrogens is 212 g/mol. The van der Waals surface area contributed by atoms with Gasteiger partial charge < -0.3 is 14.6 Å². The molecule has 0 atom stereocenters. The van der Waals surface area contributed by atoms with Crippen LogP contribution >= 0.6 is 0 Å². The van der Waals surface area contributed by atoms with Gasteiger partial charge in [0.1, 0.15) is 5.75 Å². The number of hydrogen-bond acceptors (Lipinski definition) is 2. The maximum absolute atomic E-state index is 5.47. The van der Waals surface area contributed by atoms with E-state index in [-0.39, 0.29) is 0 Å². The molecule has 0 aliphatic heterocycles. The summed E-state index contributed by atoms with van der Waals surface area (Å²) in [6.45, 7) is 3.10. The fraction of sp³-hybridized carbons (Fsp3) is 0.429. The van der Waals surface area contributed by atoms with Gasteiger partial charge in [-0.2, -0.15) is 0 Å². The lowest BCUT2D eigenvalue weighted by molar-refractivity contribution is 0.417. The maximum Gasteiger partial charge on any atom is 0.143 e. The van der Waals surface area contributed by atoms with Crippen molar-refractivity contribution >= 4 is 10.9 Å². The van der Waals surface area contributed by atoms with Crippen LogP contribution in [-0.2, 0) is 13.5 Å². The lowest BCUT2D eigenvalue weighted by Gasteiger charge is -2.06. The Hall–Kier alpha value is -1.48. The van der Waals surface area contributed by atoms with Gasteiger partial charge in [0.2, 0.25) is 0 Å². The summed E-state index contributed by atoms with van der Waals surface area (Å²) in [6, 6.07) is 4.33. The average Bonchev–Trinajstić information content (AvgIpc) is 2.62. The van der Waals surface area contributed by atoms with Gasteiger partial charge in [-0.15, -0.1) is 0 Å². The van der Waals surface area contributed by atoms with Gasteiger partial charge >= 0.3 is 0 Å². The number of likely N-dealkylation sites (N-methyl/N-ethyl adjacent to an activating group) is 1. The topological polar surface area (TPSA) is 26.2 Å². The Morgan fingerprint density at radius 2 is 2.12 bits per heavy atom. The molecule has 0 radical (unpaired) electrons. The molecule has 0 bridgehead atoms. The third-order valence-electron chi connectivity index (χ3n) is 3.13. The number of rotatable bonds is 4. The number of ether oxygens (including phenoxy) is 1. The molecule has 0 saturated heterocycles. The van der Waals surface area contributed by atoms with Crippen molar-refractivity contribution in [2.24, 2.45) is 7.05 Å². The summed E-state index contributed by atoms with van der Waals surface area (Å²) in [7, 11) is 5.79. The van der Waals surface area contributed by atoms with Gasteiger partial charge in [-0.05, 0) is 50.2 Å². The standard InChI is InChI=1S/C14H20N2O/c1-10-7-12-11(5-6-15-2)9-16(3)14(12)13(8-10)17-4/h7-9,15H,5-6H2,1-4H3. The average molecular weight is 232 g/mol. The molecule has 0 fully saturated rings. The SMILES string of the molecule is CNCCc1cn(C)c2c(OC)cc(C)cc12. The molecule has 0 spiro atoms. The van der Waals surface area contributed by atoms with E-state index >= 15 is 0 Å². The zero-order valence-electron chi connectivity index (χ0n) is 11.0. The highest BCUT2D eigenvalue weighted by Gasteiger charge is 2.11.